The van der Waals surface area contributed by atoms with Gasteiger partial charge in [-0.2, -0.15) is 0 Å². The number of nitrogens with one attached hydrogen (secondary N) is 1. The summed E-state index contributed by atoms with van der Waals surface area (Å²) in [4.78, 5) is 2.45. The number of rotatable bonds is 2. The molecule has 2 N–H and O–H groups in total. The molecule has 0 amide bonds. The zero-order chi connectivity index (χ0) is 10.7. The van der Waals surface area contributed by atoms with Crippen LogP contribution in [0, 0.1) is 0 Å². The van der Waals surface area contributed by atoms with Crippen molar-refractivity contribution in [3.63, 3.8) is 0 Å². The predicted octanol–water partition coefficient (Wildman–Crippen LogP) is 0.975. The summed E-state index contributed by atoms with van der Waals surface area (Å²) in [6.45, 7) is 6.52. The van der Waals surface area contributed by atoms with E-state index in [0.29, 0.717) is 6.04 Å². The molecule has 1 aliphatic carbocycles. The highest BCUT2D eigenvalue weighted by atomic mass is 16.3. The molecule has 0 aromatic heterocycles. The van der Waals surface area contributed by atoms with E-state index in [0.717, 1.165) is 39.0 Å². The zero-order valence-electron chi connectivity index (χ0n) is 9.84. The lowest BCUT2D eigenvalue weighted by atomic mass is 9.79. The predicted molar refractivity (Wildman–Crippen MR) is 61.9 cm³/mol. The van der Waals surface area contributed by atoms with Gasteiger partial charge >= 0.3 is 0 Å². The van der Waals surface area contributed by atoms with Crippen LogP contribution in [0.5, 0.6) is 0 Å². The van der Waals surface area contributed by atoms with Crippen molar-refractivity contribution in [1.82, 2.24) is 10.2 Å². The molecule has 88 valence electrons. The topological polar surface area (TPSA) is 35.5 Å². The van der Waals surface area contributed by atoms with E-state index in [1.165, 1.54) is 19.3 Å². The second-order valence-electron chi connectivity index (χ2n) is 5.13. The van der Waals surface area contributed by atoms with Crippen molar-refractivity contribution in [2.45, 2.75) is 50.7 Å². The highest BCUT2D eigenvalue weighted by Gasteiger charge is 2.38. The number of nitrogens with zero attached hydrogens (tertiary/aromatic N) is 1. The largest absolute Gasteiger partial charge is 0.388 e. The Morgan fingerprint density at radius 2 is 1.73 bits per heavy atom. The Morgan fingerprint density at radius 3 is 2.33 bits per heavy atom. The molecule has 2 fully saturated rings. The summed E-state index contributed by atoms with van der Waals surface area (Å²) in [6.07, 6.45) is 5.70. The van der Waals surface area contributed by atoms with Gasteiger partial charge in [-0.05, 0) is 19.8 Å². The lowest BCUT2D eigenvalue weighted by Crippen LogP contribution is -2.57. The molecule has 1 heterocycles. The van der Waals surface area contributed by atoms with Crippen molar-refractivity contribution in [2.75, 3.05) is 26.2 Å². The minimum absolute atomic E-state index is 0.333. The van der Waals surface area contributed by atoms with Gasteiger partial charge in [-0.15, -0.1) is 0 Å². The van der Waals surface area contributed by atoms with Crippen LogP contribution in [0.4, 0.5) is 0 Å². The summed E-state index contributed by atoms with van der Waals surface area (Å²) in [7, 11) is 0. The smallest absolute Gasteiger partial charge is 0.0799 e. The summed E-state index contributed by atoms with van der Waals surface area (Å²) >= 11 is 0. The quantitative estimate of drug-likeness (QED) is 0.716. The molecule has 1 saturated heterocycles. The Kier molecular flexibility index (Phi) is 3.65. The van der Waals surface area contributed by atoms with Crippen molar-refractivity contribution >= 4 is 0 Å². The standard InChI is InChI=1S/C12H24N2O/c1-11(14-9-7-13-8-10-14)12(15)5-3-2-4-6-12/h11,13,15H,2-10H2,1H3. The summed E-state index contributed by atoms with van der Waals surface area (Å²) in [5.41, 5.74) is -0.407. The fraction of sp³-hybridized carbons (Fsp3) is 1.00. The SMILES string of the molecule is CC(N1CCNCC1)C1(O)CCCCC1. The Morgan fingerprint density at radius 1 is 1.13 bits per heavy atom. The number of piperazine rings is 1. The van der Waals surface area contributed by atoms with Crippen molar-refractivity contribution in [3.8, 4) is 0 Å². The fourth-order valence-corrected chi connectivity index (χ4v) is 2.99. The Balaban J connectivity index is 1.94. The molecule has 2 aliphatic rings. The summed E-state index contributed by atoms with van der Waals surface area (Å²) in [6, 6.07) is 0.333. The maximum absolute atomic E-state index is 10.6. The van der Waals surface area contributed by atoms with Gasteiger partial charge in [-0.1, -0.05) is 19.3 Å². The molecular formula is C12H24N2O. The van der Waals surface area contributed by atoms with Crippen LogP contribution in [-0.2, 0) is 0 Å². The van der Waals surface area contributed by atoms with E-state index in [-0.39, 0.29) is 0 Å². The third-order valence-corrected chi connectivity index (χ3v) is 4.20. The maximum Gasteiger partial charge on any atom is 0.0799 e. The van der Waals surface area contributed by atoms with Crippen LogP contribution in [0.1, 0.15) is 39.0 Å². The van der Waals surface area contributed by atoms with E-state index in [2.05, 4.69) is 17.1 Å². The Labute approximate surface area is 92.8 Å². The lowest BCUT2D eigenvalue weighted by Gasteiger charge is -2.44. The van der Waals surface area contributed by atoms with Gasteiger partial charge < -0.3 is 10.4 Å². The average Bonchev–Trinajstić information content (AvgIpc) is 2.30. The Bertz CT molecular complexity index is 196. The van der Waals surface area contributed by atoms with E-state index >= 15 is 0 Å². The van der Waals surface area contributed by atoms with Crippen LogP contribution >= 0.6 is 0 Å². The van der Waals surface area contributed by atoms with Gasteiger partial charge in [0.25, 0.3) is 0 Å². The first-order valence-corrected chi connectivity index (χ1v) is 6.39. The first kappa shape index (κ1) is 11.4. The molecular weight excluding hydrogens is 188 g/mol. The van der Waals surface area contributed by atoms with Gasteiger partial charge in [-0.3, -0.25) is 4.90 Å². The van der Waals surface area contributed by atoms with Crippen LogP contribution in [-0.4, -0.2) is 47.8 Å². The van der Waals surface area contributed by atoms with Gasteiger partial charge in [0.15, 0.2) is 0 Å². The molecule has 3 heteroatoms. The third-order valence-electron chi connectivity index (χ3n) is 4.20. The van der Waals surface area contributed by atoms with Crippen molar-refractivity contribution in [3.05, 3.63) is 0 Å². The zero-order valence-corrected chi connectivity index (χ0v) is 9.84. The van der Waals surface area contributed by atoms with Crippen molar-refractivity contribution in [2.24, 2.45) is 0 Å². The molecule has 15 heavy (non-hydrogen) atoms. The molecule has 3 nitrogen and oxygen atoms in total. The fourth-order valence-electron chi connectivity index (χ4n) is 2.99. The van der Waals surface area contributed by atoms with Crippen LogP contribution in [0.25, 0.3) is 0 Å². The van der Waals surface area contributed by atoms with Crippen LogP contribution in [0.2, 0.25) is 0 Å². The summed E-state index contributed by atoms with van der Waals surface area (Å²) in [5, 5.41) is 14.0. The Hall–Kier alpha value is -0.120. The van der Waals surface area contributed by atoms with E-state index in [1.54, 1.807) is 0 Å². The number of hydrogen-bond donors (Lipinski definition) is 2. The van der Waals surface area contributed by atoms with Gasteiger partial charge in [0.1, 0.15) is 0 Å². The number of hydrogen-bond acceptors (Lipinski definition) is 3. The molecule has 0 bridgehead atoms. The van der Waals surface area contributed by atoms with E-state index < -0.39 is 5.60 Å². The second kappa shape index (κ2) is 4.81. The van der Waals surface area contributed by atoms with Gasteiger partial charge in [0, 0.05) is 32.2 Å². The average molecular weight is 212 g/mol. The van der Waals surface area contributed by atoms with Crippen molar-refractivity contribution < 1.29 is 5.11 Å². The highest BCUT2D eigenvalue weighted by Crippen LogP contribution is 2.33. The van der Waals surface area contributed by atoms with Crippen LogP contribution in [0.3, 0.4) is 0 Å². The van der Waals surface area contributed by atoms with Crippen molar-refractivity contribution in [1.29, 1.82) is 0 Å². The number of aliphatic hydroxyl groups is 1. The second-order valence-corrected chi connectivity index (χ2v) is 5.13. The first-order valence-electron chi connectivity index (χ1n) is 6.39. The lowest BCUT2D eigenvalue weighted by molar-refractivity contribution is -0.0683. The molecule has 1 aliphatic heterocycles. The van der Waals surface area contributed by atoms with Gasteiger partial charge in [0.05, 0.1) is 5.60 Å². The normalized spacial score (nSPS) is 30.0. The minimum atomic E-state index is -0.407. The molecule has 0 spiro atoms. The first-order chi connectivity index (χ1) is 7.22. The highest BCUT2D eigenvalue weighted by molar-refractivity contribution is 4.93. The van der Waals surface area contributed by atoms with Gasteiger partial charge in [-0.25, -0.2) is 0 Å². The molecule has 0 radical (unpaired) electrons. The minimum Gasteiger partial charge on any atom is -0.388 e. The molecule has 1 unspecified atom stereocenters. The van der Waals surface area contributed by atoms with Crippen LogP contribution in [0.15, 0.2) is 0 Å². The molecule has 0 aromatic carbocycles. The molecule has 1 atom stereocenters. The monoisotopic (exact) mass is 212 g/mol. The summed E-state index contributed by atoms with van der Waals surface area (Å²) in [5.74, 6) is 0. The molecule has 0 aromatic rings. The van der Waals surface area contributed by atoms with E-state index in [4.69, 9.17) is 0 Å². The van der Waals surface area contributed by atoms with Gasteiger partial charge in [0.2, 0.25) is 0 Å². The molecule has 1 saturated carbocycles. The third kappa shape index (κ3) is 2.52. The van der Waals surface area contributed by atoms with E-state index in [9.17, 15) is 5.11 Å². The van der Waals surface area contributed by atoms with E-state index in [1.807, 2.05) is 0 Å². The maximum atomic E-state index is 10.6. The molecule has 2 rings (SSSR count). The summed E-state index contributed by atoms with van der Waals surface area (Å²) < 4.78 is 0. The van der Waals surface area contributed by atoms with Crippen LogP contribution < -0.4 is 5.32 Å².